The van der Waals surface area contributed by atoms with Crippen LogP contribution < -0.4 is 0 Å². The summed E-state index contributed by atoms with van der Waals surface area (Å²) in [5, 5.41) is 13.9. The van der Waals surface area contributed by atoms with E-state index in [2.05, 4.69) is 37.9 Å². The fourth-order valence-electron chi connectivity index (χ4n) is 2.30. The molecule has 0 aliphatic rings. The van der Waals surface area contributed by atoms with Gasteiger partial charge in [0.1, 0.15) is 6.10 Å². The number of aliphatic hydroxyl groups is 1. The largest absolute Gasteiger partial charge is 0.384 e. The number of hydrogen-bond donors (Lipinski definition) is 1. The topological polar surface area (TPSA) is 20.2 Å². The Hall–Kier alpha value is -0.680. The van der Waals surface area contributed by atoms with Crippen LogP contribution in [0.5, 0.6) is 0 Å². The van der Waals surface area contributed by atoms with Gasteiger partial charge in [-0.2, -0.15) is 0 Å². The average Bonchev–Trinajstić information content (AvgIpc) is 2.86. The Morgan fingerprint density at radius 2 is 1.80 bits per heavy atom. The first-order chi connectivity index (χ1) is 9.59. The zero-order valence-electron chi connectivity index (χ0n) is 10.7. The van der Waals surface area contributed by atoms with Gasteiger partial charge < -0.3 is 5.11 Å². The fraction of sp³-hybridized carbons (Fsp3) is 0.125. The van der Waals surface area contributed by atoms with Crippen molar-refractivity contribution in [3.05, 3.63) is 67.4 Å². The Balaban J connectivity index is 2.16. The molecule has 1 aromatic heterocycles. The second-order valence-electron chi connectivity index (χ2n) is 4.69. The van der Waals surface area contributed by atoms with Gasteiger partial charge in [0.15, 0.2) is 0 Å². The molecule has 0 aliphatic carbocycles. The Morgan fingerprint density at radius 1 is 1.05 bits per heavy atom. The van der Waals surface area contributed by atoms with E-state index < -0.39 is 6.10 Å². The van der Waals surface area contributed by atoms with E-state index in [1.165, 1.54) is 4.70 Å². The maximum Gasteiger partial charge on any atom is 0.107 e. The number of aryl methyl sites for hydroxylation is 1. The normalized spacial score (nSPS) is 12.8. The first kappa shape index (κ1) is 14.3. The van der Waals surface area contributed by atoms with Crippen molar-refractivity contribution < 1.29 is 5.11 Å². The molecule has 3 rings (SSSR count). The summed E-state index contributed by atoms with van der Waals surface area (Å²) in [5.41, 5.74) is 2.99. The smallest absolute Gasteiger partial charge is 0.107 e. The van der Waals surface area contributed by atoms with Crippen LogP contribution in [-0.4, -0.2) is 5.11 Å². The number of benzene rings is 2. The minimum Gasteiger partial charge on any atom is -0.384 e. The van der Waals surface area contributed by atoms with Crippen molar-refractivity contribution in [2.45, 2.75) is 13.0 Å². The lowest BCUT2D eigenvalue weighted by molar-refractivity contribution is 0.221. The van der Waals surface area contributed by atoms with Crippen LogP contribution in [0.4, 0.5) is 0 Å². The van der Waals surface area contributed by atoms with E-state index in [0.29, 0.717) is 0 Å². The van der Waals surface area contributed by atoms with Crippen molar-refractivity contribution in [3.8, 4) is 0 Å². The molecule has 0 bridgehead atoms. The molecule has 0 fully saturated rings. The van der Waals surface area contributed by atoms with Crippen LogP contribution in [0.1, 0.15) is 22.8 Å². The molecule has 0 saturated heterocycles. The van der Waals surface area contributed by atoms with E-state index in [4.69, 9.17) is 0 Å². The highest BCUT2D eigenvalue weighted by molar-refractivity contribution is 9.11. The third-order valence-electron chi connectivity index (χ3n) is 3.39. The fourth-order valence-corrected chi connectivity index (χ4v) is 4.42. The Bertz CT molecular complexity index is 779. The molecule has 1 nitrogen and oxygen atoms in total. The molecule has 102 valence electrons. The van der Waals surface area contributed by atoms with Crippen LogP contribution in [-0.2, 0) is 0 Å². The molecule has 1 unspecified atom stereocenters. The molecule has 1 heterocycles. The molecule has 0 saturated carbocycles. The zero-order chi connectivity index (χ0) is 14.3. The number of thiophene rings is 1. The summed E-state index contributed by atoms with van der Waals surface area (Å²) in [6.45, 7) is 2.03. The van der Waals surface area contributed by atoms with Crippen molar-refractivity contribution in [1.29, 1.82) is 0 Å². The SMILES string of the molecule is Cc1cccc(C(O)c2csc3c(Br)cccc23)c1Br. The van der Waals surface area contributed by atoms with E-state index in [1.54, 1.807) is 11.3 Å². The molecular weight excluding hydrogens is 400 g/mol. The monoisotopic (exact) mass is 410 g/mol. The summed E-state index contributed by atoms with van der Waals surface area (Å²) < 4.78 is 3.22. The first-order valence-electron chi connectivity index (χ1n) is 6.18. The molecule has 1 atom stereocenters. The Morgan fingerprint density at radius 3 is 2.60 bits per heavy atom. The summed E-state index contributed by atoms with van der Waals surface area (Å²) >= 11 is 8.79. The maximum atomic E-state index is 10.7. The molecule has 20 heavy (non-hydrogen) atoms. The van der Waals surface area contributed by atoms with Gasteiger partial charge in [0.2, 0.25) is 0 Å². The van der Waals surface area contributed by atoms with E-state index >= 15 is 0 Å². The van der Waals surface area contributed by atoms with Gasteiger partial charge in [0.05, 0.1) is 0 Å². The van der Waals surface area contributed by atoms with Crippen LogP contribution in [0.3, 0.4) is 0 Å². The summed E-state index contributed by atoms with van der Waals surface area (Å²) in [5.74, 6) is 0. The minimum atomic E-state index is -0.618. The van der Waals surface area contributed by atoms with Gasteiger partial charge in [0.25, 0.3) is 0 Å². The minimum absolute atomic E-state index is 0.618. The van der Waals surface area contributed by atoms with E-state index in [-0.39, 0.29) is 0 Å². The van der Waals surface area contributed by atoms with Crippen LogP contribution >= 0.6 is 43.2 Å². The van der Waals surface area contributed by atoms with Gasteiger partial charge in [-0.05, 0) is 50.8 Å². The highest BCUT2D eigenvalue weighted by Gasteiger charge is 2.18. The summed E-state index contributed by atoms with van der Waals surface area (Å²) in [6, 6.07) is 12.0. The van der Waals surface area contributed by atoms with Crippen molar-refractivity contribution in [2.24, 2.45) is 0 Å². The second kappa shape index (κ2) is 5.60. The lowest BCUT2D eigenvalue weighted by Crippen LogP contribution is -2.00. The van der Waals surface area contributed by atoms with E-state index in [1.807, 2.05) is 42.6 Å². The third-order valence-corrected chi connectivity index (χ3v) is 6.45. The van der Waals surface area contributed by atoms with Crippen molar-refractivity contribution in [2.75, 3.05) is 0 Å². The Labute approximate surface area is 138 Å². The average molecular weight is 412 g/mol. The zero-order valence-corrected chi connectivity index (χ0v) is 14.7. The molecular formula is C16H12Br2OS. The highest BCUT2D eigenvalue weighted by atomic mass is 79.9. The summed E-state index contributed by atoms with van der Waals surface area (Å²) in [4.78, 5) is 0. The van der Waals surface area contributed by atoms with Gasteiger partial charge in [-0.25, -0.2) is 0 Å². The molecule has 0 aliphatic heterocycles. The maximum absolute atomic E-state index is 10.7. The second-order valence-corrected chi connectivity index (χ2v) is 7.22. The molecule has 0 spiro atoms. The molecule has 3 aromatic rings. The predicted octanol–water partition coefficient (Wildman–Crippen LogP) is 5.82. The van der Waals surface area contributed by atoms with Gasteiger partial charge in [0, 0.05) is 19.2 Å². The molecule has 2 aromatic carbocycles. The standard InChI is InChI=1S/C16H12Br2OS/c1-9-4-2-6-11(14(9)18)15(19)12-8-20-16-10(12)5-3-7-13(16)17/h2-8,15,19H,1H3. The first-order valence-corrected chi connectivity index (χ1v) is 8.65. The Kier molecular flexibility index (Phi) is 4.00. The predicted molar refractivity (Wildman–Crippen MR) is 92.5 cm³/mol. The van der Waals surface area contributed by atoms with E-state index in [9.17, 15) is 5.11 Å². The van der Waals surface area contributed by atoms with E-state index in [0.717, 1.165) is 31.0 Å². The number of fused-ring (bicyclic) bond motifs is 1. The number of hydrogen-bond acceptors (Lipinski definition) is 2. The molecule has 4 heteroatoms. The third kappa shape index (κ3) is 2.35. The van der Waals surface area contributed by atoms with Gasteiger partial charge in [-0.15, -0.1) is 11.3 Å². The lowest BCUT2D eigenvalue weighted by Gasteiger charge is -2.14. The summed E-state index contributed by atoms with van der Waals surface area (Å²) in [7, 11) is 0. The van der Waals surface area contributed by atoms with Crippen molar-refractivity contribution >= 4 is 53.3 Å². The highest BCUT2D eigenvalue weighted by Crippen LogP contribution is 2.39. The lowest BCUT2D eigenvalue weighted by atomic mass is 9.99. The summed E-state index contributed by atoms with van der Waals surface area (Å²) in [6.07, 6.45) is -0.618. The number of rotatable bonds is 2. The van der Waals surface area contributed by atoms with Gasteiger partial charge in [-0.3, -0.25) is 0 Å². The molecule has 1 N–H and O–H groups in total. The quantitative estimate of drug-likeness (QED) is 0.563. The van der Waals surface area contributed by atoms with Gasteiger partial charge in [-0.1, -0.05) is 46.3 Å². The van der Waals surface area contributed by atoms with Crippen molar-refractivity contribution in [1.82, 2.24) is 0 Å². The van der Waals surface area contributed by atoms with Crippen LogP contribution in [0, 0.1) is 6.92 Å². The van der Waals surface area contributed by atoms with Crippen molar-refractivity contribution in [3.63, 3.8) is 0 Å². The van der Waals surface area contributed by atoms with Gasteiger partial charge >= 0.3 is 0 Å². The number of halogens is 2. The number of aliphatic hydroxyl groups excluding tert-OH is 1. The van der Waals surface area contributed by atoms with Crippen LogP contribution in [0.15, 0.2) is 50.7 Å². The van der Waals surface area contributed by atoms with Crippen LogP contribution in [0.25, 0.3) is 10.1 Å². The van der Waals surface area contributed by atoms with Crippen LogP contribution in [0.2, 0.25) is 0 Å². The molecule has 0 radical (unpaired) electrons. The molecule has 0 amide bonds.